The second-order valence-electron chi connectivity index (χ2n) is 5.07. The minimum absolute atomic E-state index is 1.00. The van der Waals surface area contributed by atoms with Crippen molar-refractivity contribution in [1.29, 1.82) is 0 Å². The van der Waals surface area contributed by atoms with E-state index in [2.05, 4.69) is 19.1 Å². The molecule has 0 radical (unpaired) electrons. The SMILES string of the molecule is CCCCCCCCCCC1CC=CC1. The Morgan fingerprint density at radius 2 is 1.33 bits per heavy atom. The Balaban J connectivity index is 1.73. The van der Waals surface area contributed by atoms with E-state index in [1.165, 1.54) is 70.6 Å². The molecule has 0 heteroatoms. The molecule has 1 rings (SSSR count). The van der Waals surface area contributed by atoms with Gasteiger partial charge in [0.15, 0.2) is 0 Å². The van der Waals surface area contributed by atoms with Crippen LogP contribution in [0, 0.1) is 5.92 Å². The number of hydrogen-bond donors (Lipinski definition) is 0. The average Bonchev–Trinajstić information content (AvgIpc) is 2.75. The van der Waals surface area contributed by atoms with Crippen LogP contribution in [0.5, 0.6) is 0 Å². The third-order valence-corrected chi connectivity index (χ3v) is 3.57. The first kappa shape index (κ1) is 12.8. The molecule has 15 heavy (non-hydrogen) atoms. The summed E-state index contributed by atoms with van der Waals surface area (Å²) < 4.78 is 0. The average molecular weight is 208 g/mol. The number of rotatable bonds is 9. The zero-order chi connectivity index (χ0) is 10.8. The van der Waals surface area contributed by atoms with Gasteiger partial charge in [0.05, 0.1) is 0 Å². The van der Waals surface area contributed by atoms with Gasteiger partial charge in [0.2, 0.25) is 0 Å². The molecule has 0 aromatic carbocycles. The maximum Gasteiger partial charge on any atom is -0.0319 e. The first-order valence-electron chi connectivity index (χ1n) is 7.08. The first-order chi connectivity index (χ1) is 7.43. The highest BCUT2D eigenvalue weighted by molar-refractivity contribution is 4.93. The molecule has 0 nitrogen and oxygen atoms in total. The molecule has 1 aliphatic carbocycles. The molecule has 0 aromatic rings. The third-order valence-electron chi connectivity index (χ3n) is 3.57. The molecule has 0 bridgehead atoms. The third kappa shape index (κ3) is 6.76. The van der Waals surface area contributed by atoms with Crippen molar-refractivity contribution in [3.8, 4) is 0 Å². The van der Waals surface area contributed by atoms with Crippen LogP contribution < -0.4 is 0 Å². The van der Waals surface area contributed by atoms with Gasteiger partial charge < -0.3 is 0 Å². The predicted octanol–water partition coefficient (Wildman–Crippen LogP) is 5.48. The molecule has 0 aliphatic heterocycles. The van der Waals surface area contributed by atoms with Crippen molar-refractivity contribution >= 4 is 0 Å². The molecule has 0 aromatic heterocycles. The summed E-state index contributed by atoms with van der Waals surface area (Å²) in [6.07, 6.45) is 20.5. The van der Waals surface area contributed by atoms with E-state index >= 15 is 0 Å². The highest BCUT2D eigenvalue weighted by Gasteiger charge is 2.08. The van der Waals surface area contributed by atoms with Crippen molar-refractivity contribution < 1.29 is 0 Å². The molecule has 0 saturated heterocycles. The van der Waals surface area contributed by atoms with Crippen LogP contribution in [-0.2, 0) is 0 Å². The van der Waals surface area contributed by atoms with E-state index in [4.69, 9.17) is 0 Å². The molecule has 0 unspecified atom stereocenters. The summed E-state index contributed by atoms with van der Waals surface area (Å²) in [7, 11) is 0. The van der Waals surface area contributed by atoms with Crippen molar-refractivity contribution in [2.45, 2.75) is 77.6 Å². The summed E-state index contributed by atoms with van der Waals surface area (Å²) in [6.45, 7) is 2.29. The minimum atomic E-state index is 1.00. The van der Waals surface area contributed by atoms with E-state index in [1.54, 1.807) is 0 Å². The summed E-state index contributed by atoms with van der Waals surface area (Å²) in [6, 6.07) is 0. The topological polar surface area (TPSA) is 0 Å². The molecule has 0 fully saturated rings. The minimum Gasteiger partial charge on any atom is -0.0882 e. The summed E-state index contributed by atoms with van der Waals surface area (Å²) in [5.74, 6) is 1.00. The van der Waals surface area contributed by atoms with Crippen LogP contribution >= 0.6 is 0 Å². The standard InChI is InChI=1S/C15H28/c1-2-3-4-5-6-7-8-9-12-15-13-10-11-14-15/h10-11,15H,2-9,12-14H2,1H3. The Morgan fingerprint density at radius 3 is 1.93 bits per heavy atom. The lowest BCUT2D eigenvalue weighted by atomic mass is 9.98. The van der Waals surface area contributed by atoms with Crippen molar-refractivity contribution in [2.24, 2.45) is 5.92 Å². The van der Waals surface area contributed by atoms with Gasteiger partial charge in [0, 0.05) is 0 Å². The summed E-state index contributed by atoms with van der Waals surface area (Å²) in [4.78, 5) is 0. The van der Waals surface area contributed by atoms with Crippen LogP contribution in [0.25, 0.3) is 0 Å². The highest BCUT2D eigenvalue weighted by Crippen LogP contribution is 2.24. The normalized spacial score (nSPS) is 16.3. The molecular weight excluding hydrogens is 180 g/mol. The molecular formula is C15H28. The Morgan fingerprint density at radius 1 is 0.800 bits per heavy atom. The van der Waals surface area contributed by atoms with Gasteiger partial charge >= 0.3 is 0 Å². The van der Waals surface area contributed by atoms with E-state index in [1.807, 2.05) is 0 Å². The van der Waals surface area contributed by atoms with E-state index in [-0.39, 0.29) is 0 Å². The van der Waals surface area contributed by atoms with E-state index in [0.29, 0.717) is 0 Å². The van der Waals surface area contributed by atoms with Crippen molar-refractivity contribution in [3.63, 3.8) is 0 Å². The van der Waals surface area contributed by atoms with E-state index in [9.17, 15) is 0 Å². The van der Waals surface area contributed by atoms with Crippen LogP contribution in [0.15, 0.2) is 12.2 Å². The number of unbranched alkanes of at least 4 members (excludes halogenated alkanes) is 7. The van der Waals surface area contributed by atoms with Gasteiger partial charge in [-0.05, 0) is 25.2 Å². The zero-order valence-corrected chi connectivity index (χ0v) is 10.5. The molecule has 0 spiro atoms. The Hall–Kier alpha value is -0.260. The van der Waals surface area contributed by atoms with Gasteiger partial charge in [0.1, 0.15) is 0 Å². The lowest BCUT2D eigenvalue weighted by Crippen LogP contribution is -1.93. The van der Waals surface area contributed by atoms with Crippen molar-refractivity contribution in [1.82, 2.24) is 0 Å². The van der Waals surface area contributed by atoms with Gasteiger partial charge in [-0.2, -0.15) is 0 Å². The van der Waals surface area contributed by atoms with Gasteiger partial charge in [0.25, 0.3) is 0 Å². The number of allylic oxidation sites excluding steroid dienone is 2. The maximum atomic E-state index is 2.36. The van der Waals surface area contributed by atoms with Crippen LogP contribution in [0.1, 0.15) is 77.6 Å². The van der Waals surface area contributed by atoms with Crippen LogP contribution in [0.3, 0.4) is 0 Å². The molecule has 0 amide bonds. The van der Waals surface area contributed by atoms with Gasteiger partial charge in [-0.1, -0.05) is 70.4 Å². The van der Waals surface area contributed by atoms with Gasteiger partial charge in [-0.3, -0.25) is 0 Å². The lowest BCUT2D eigenvalue weighted by molar-refractivity contribution is 0.472. The summed E-state index contributed by atoms with van der Waals surface area (Å²) in [5, 5.41) is 0. The van der Waals surface area contributed by atoms with Gasteiger partial charge in [-0.15, -0.1) is 0 Å². The Kier molecular flexibility index (Phi) is 7.69. The van der Waals surface area contributed by atoms with Crippen LogP contribution in [0.2, 0.25) is 0 Å². The smallest absolute Gasteiger partial charge is 0.0319 e. The summed E-state index contributed by atoms with van der Waals surface area (Å²) in [5.41, 5.74) is 0. The fourth-order valence-electron chi connectivity index (χ4n) is 2.48. The predicted molar refractivity (Wildman–Crippen MR) is 69.1 cm³/mol. The van der Waals surface area contributed by atoms with E-state index in [0.717, 1.165) is 5.92 Å². The first-order valence-corrected chi connectivity index (χ1v) is 7.08. The largest absolute Gasteiger partial charge is 0.0882 e. The second kappa shape index (κ2) is 9.00. The lowest BCUT2D eigenvalue weighted by Gasteiger charge is -2.08. The fraction of sp³-hybridized carbons (Fsp3) is 0.867. The van der Waals surface area contributed by atoms with E-state index < -0.39 is 0 Å². The molecule has 1 aliphatic rings. The van der Waals surface area contributed by atoms with Crippen molar-refractivity contribution in [3.05, 3.63) is 12.2 Å². The molecule has 0 N–H and O–H groups in total. The quantitative estimate of drug-likeness (QED) is 0.347. The maximum absolute atomic E-state index is 2.36. The van der Waals surface area contributed by atoms with Crippen molar-refractivity contribution in [2.75, 3.05) is 0 Å². The molecule has 0 saturated carbocycles. The molecule has 88 valence electrons. The summed E-state index contributed by atoms with van der Waals surface area (Å²) >= 11 is 0. The fourth-order valence-corrected chi connectivity index (χ4v) is 2.48. The Labute approximate surface area is 96.2 Å². The Bertz CT molecular complexity index is 149. The van der Waals surface area contributed by atoms with Crippen LogP contribution in [0.4, 0.5) is 0 Å². The highest BCUT2D eigenvalue weighted by atomic mass is 14.1. The molecule has 0 atom stereocenters. The van der Waals surface area contributed by atoms with Gasteiger partial charge in [-0.25, -0.2) is 0 Å². The second-order valence-corrected chi connectivity index (χ2v) is 5.07. The molecule has 0 heterocycles. The van der Waals surface area contributed by atoms with Crippen LogP contribution in [-0.4, -0.2) is 0 Å². The zero-order valence-electron chi connectivity index (χ0n) is 10.5. The number of hydrogen-bond acceptors (Lipinski definition) is 0. The monoisotopic (exact) mass is 208 g/mol.